The number of hydrogen-bond donors (Lipinski definition) is 1. The molecule has 0 bridgehead atoms. The van der Waals surface area contributed by atoms with Gasteiger partial charge in [0.15, 0.2) is 0 Å². The predicted octanol–water partition coefficient (Wildman–Crippen LogP) is 1.61. The Bertz CT molecular complexity index is 320. The van der Waals surface area contributed by atoms with Gasteiger partial charge in [-0.2, -0.15) is 0 Å². The summed E-state index contributed by atoms with van der Waals surface area (Å²) >= 11 is 0. The largest absolute Gasteiger partial charge is 0.492 e. The van der Waals surface area contributed by atoms with Gasteiger partial charge in [-0.3, -0.25) is 0 Å². The molecule has 0 unspecified atom stereocenters. The third kappa shape index (κ3) is 2.64. The van der Waals surface area contributed by atoms with Crippen LogP contribution in [0.15, 0.2) is 18.3 Å². The molecule has 1 aliphatic carbocycles. The molecule has 4 heteroatoms. The van der Waals surface area contributed by atoms with E-state index in [1.165, 1.54) is 0 Å². The van der Waals surface area contributed by atoms with E-state index in [1.807, 2.05) is 26.1 Å². The molecule has 1 saturated carbocycles. The number of nitrogens with one attached hydrogen (secondary N) is 1. The van der Waals surface area contributed by atoms with Crippen LogP contribution in [0.2, 0.25) is 0 Å². The predicted molar refractivity (Wildman–Crippen MR) is 61.9 cm³/mol. The van der Waals surface area contributed by atoms with Gasteiger partial charge in [-0.25, -0.2) is 4.98 Å². The van der Waals surface area contributed by atoms with Crippen molar-refractivity contribution in [3.8, 4) is 11.6 Å². The Morgan fingerprint density at radius 3 is 2.81 bits per heavy atom. The van der Waals surface area contributed by atoms with E-state index < -0.39 is 0 Å². The quantitative estimate of drug-likeness (QED) is 0.822. The van der Waals surface area contributed by atoms with Crippen LogP contribution in [-0.4, -0.2) is 30.8 Å². The first-order chi connectivity index (χ1) is 7.81. The van der Waals surface area contributed by atoms with Gasteiger partial charge >= 0.3 is 0 Å². The molecule has 0 aliphatic heterocycles. The molecule has 1 aliphatic rings. The van der Waals surface area contributed by atoms with Crippen LogP contribution in [0.3, 0.4) is 0 Å². The minimum Gasteiger partial charge on any atom is -0.492 e. The van der Waals surface area contributed by atoms with Gasteiger partial charge < -0.3 is 14.8 Å². The molecular formula is C12H18N2O2. The summed E-state index contributed by atoms with van der Waals surface area (Å²) < 4.78 is 11.0. The smallest absolute Gasteiger partial charge is 0.213 e. The van der Waals surface area contributed by atoms with E-state index >= 15 is 0 Å². The highest BCUT2D eigenvalue weighted by atomic mass is 16.5. The molecule has 0 radical (unpaired) electrons. The normalized spacial score (nSPS) is 23.6. The standard InChI is InChI=1S/C12H18N2O2/c1-3-15-10-4-5-12(14-8-10)16-11-6-9(7-11)13-2/h4-5,8-9,11,13H,3,6-7H2,1-2H3/t9-,11+. The minimum atomic E-state index is 0.308. The molecule has 88 valence electrons. The van der Waals surface area contributed by atoms with Crippen molar-refractivity contribution >= 4 is 0 Å². The van der Waals surface area contributed by atoms with Crippen molar-refractivity contribution in [3.05, 3.63) is 18.3 Å². The van der Waals surface area contributed by atoms with Crippen LogP contribution >= 0.6 is 0 Å². The molecule has 1 aromatic heterocycles. The van der Waals surface area contributed by atoms with E-state index in [0.29, 0.717) is 24.6 Å². The number of pyridine rings is 1. The molecule has 0 spiro atoms. The number of hydrogen-bond acceptors (Lipinski definition) is 4. The second-order valence-electron chi connectivity index (χ2n) is 3.96. The van der Waals surface area contributed by atoms with Crippen LogP contribution in [0, 0.1) is 0 Å². The molecule has 2 rings (SSSR count). The summed E-state index contributed by atoms with van der Waals surface area (Å²) in [7, 11) is 1.98. The van der Waals surface area contributed by atoms with Gasteiger partial charge in [-0.1, -0.05) is 0 Å². The summed E-state index contributed by atoms with van der Waals surface area (Å²) in [5, 5.41) is 3.22. The second kappa shape index (κ2) is 5.16. The molecule has 0 saturated heterocycles. The van der Waals surface area contributed by atoms with E-state index in [4.69, 9.17) is 9.47 Å². The van der Waals surface area contributed by atoms with Gasteiger partial charge in [-0.15, -0.1) is 0 Å². The summed E-state index contributed by atoms with van der Waals surface area (Å²) in [4.78, 5) is 4.20. The zero-order valence-corrected chi connectivity index (χ0v) is 9.77. The topological polar surface area (TPSA) is 43.4 Å². The van der Waals surface area contributed by atoms with Crippen LogP contribution in [0.1, 0.15) is 19.8 Å². The molecule has 0 aromatic carbocycles. The van der Waals surface area contributed by atoms with Gasteiger partial charge in [0.1, 0.15) is 11.9 Å². The molecule has 1 aromatic rings. The van der Waals surface area contributed by atoms with E-state index in [-0.39, 0.29) is 0 Å². The van der Waals surface area contributed by atoms with E-state index in [0.717, 1.165) is 18.6 Å². The number of ether oxygens (including phenoxy) is 2. The Morgan fingerprint density at radius 2 is 2.25 bits per heavy atom. The highest BCUT2D eigenvalue weighted by Gasteiger charge is 2.29. The highest BCUT2D eigenvalue weighted by Crippen LogP contribution is 2.25. The van der Waals surface area contributed by atoms with Gasteiger partial charge in [0.05, 0.1) is 12.8 Å². The lowest BCUT2D eigenvalue weighted by atomic mass is 9.89. The second-order valence-corrected chi connectivity index (χ2v) is 3.96. The van der Waals surface area contributed by atoms with Crippen LogP contribution in [-0.2, 0) is 0 Å². The fourth-order valence-corrected chi connectivity index (χ4v) is 1.76. The first-order valence-electron chi connectivity index (χ1n) is 5.74. The Balaban J connectivity index is 1.82. The van der Waals surface area contributed by atoms with Gasteiger partial charge in [0.2, 0.25) is 5.88 Å². The number of rotatable bonds is 5. The highest BCUT2D eigenvalue weighted by molar-refractivity contribution is 5.23. The van der Waals surface area contributed by atoms with Crippen molar-refractivity contribution in [1.29, 1.82) is 0 Å². The molecular weight excluding hydrogens is 204 g/mol. The summed E-state index contributed by atoms with van der Waals surface area (Å²) in [5.41, 5.74) is 0. The maximum absolute atomic E-state index is 5.71. The van der Waals surface area contributed by atoms with Crippen molar-refractivity contribution in [3.63, 3.8) is 0 Å². The van der Waals surface area contributed by atoms with Crippen molar-refractivity contribution in [2.75, 3.05) is 13.7 Å². The van der Waals surface area contributed by atoms with Crippen molar-refractivity contribution in [2.24, 2.45) is 0 Å². The SMILES string of the molecule is CCOc1ccc(O[C@H]2C[C@@H](NC)C2)nc1. The third-order valence-corrected chi connectivity index (χ3v) is 2.81. The lowest BCUT2D eigenvalue weighted by Crippen LogP contribution is -2.45. The van der Waals surface area contributed by atoms with E-state index in [9.17, 15) is 0 Å². The number of aromatic nitrogens is 1. The molecule has 0 atom stereocenters. The van der Waals surface area contributed by atoms with Crippen molar-refractivity contribution in [1.82, 2.24) is 10.3 Å². The zero-order chi connectivity index (χ0) is 11.4. The maximum atomic E-state index is 5.71. The monoisotopic (exact) mass is 222 g/mol. The lowest BCUT2D eigenvalue weighted by molar-refractivity contribution is 0.0837. The molecule has 0 amide bonds. The Labute approximate surface area is 96.0 Å². The van der Waals surface area contributed by atoms with Crippen molar-refractivity contribution in [2.45, 2.75) is 31.9 Å². The van der Waals surface area contributed by atoms with Gasteiger partial charge in [0.25, 0.3) is 0 Å². The molecule has 1 N–H and O–H groups in total. The van der Waals surface area contributed by atoms with Crippen molar-refractivity contribution < 1.29 is 9.47 Å². The Hall–Kier alpha value is -1.29. The minimum absolute atomic E-state index is 0.308. The van der Waals surface area contributed by atoms with E-state index in [1.54, 1.807) is 6.20 Å². The maximum Gasteiger partial charge on any atom is 0.213 e. The van der Waals surface area contributed by atoms with Crippen LogP contribution in [0.5, 0.6) is 11.6 Å². The summed E-state index contributed by atoms with van der Waals surface area (Å²) in [6.45, 7) is 2.62. The average Bonchev–Trinajstić information content (AvgIpc) is 2.25. The third-order valence-electron chi connectivity index (χ3n) is 2.81. The molecule has 1 fully saturated rings. The average molecular weight is 222 g/mol. The summed E-state index contributed by atoms with van der Waals surface area (Å²) in [6, 6.07) is 4.35. The molecule has 16 heavy (non-hydrogen) atoms. The first kappa shape index (κ1) is 11.2. The summed E-state index contributed by atoms with van der Waals surface area (Å²) in [5.74, 6) is 1.47. The Morgan fingerprint density at radius 1 is 1.44 bits per heavy atom. The van der Waals surface area contributed by atoms with Gasteiger partial charge in [0, 0.05) is 12.1 Å². The zero-order valence-electron chi connectivity index (χ0n) is 9.77. The van der Waals surface area contributed by atoms with Crippen LogP contribution in [0.4, 0.5) is 0 Å². The van der Waals surface area contributed by atoms with Crippen LogP contribution in [0.25, 0.3) is 0 Å². The summed E-state index contributed by atoms with van der Waals surface area (Å²) in [6.07, 6.45) is 4.13. The fraction of sp³-hybridized carbons (Fsp3) is 0.583. The molecule has 4 nitrogen and oxygen atoms in total. The first-order valence-corrected chi connectivity index (χ1v) is 5.74. The fourth-order valence-electron chi connectivity index (χ4n) is 1.76. The van der Waals surface area contributed by atoms with Crippen LogP contribution < -0.4 is 14.8 Å². The Kier molecular flexibility index (Phi) is 3.62. The van der Waals surface area contributed by atoms with Gasteiger partial charge in [-0.05, 0) is 32.9 Å². The molecule has 1 heterocycles. The number of nitrogens with zero attached hydrogens (tertiary/aromatic N) is 1. The lowest BCUT2D eigenvalue weighted by Gasteiger charge is -2.34. The van der Waals surface area contributed by atoms with E-state index in [2.05, 4.69) is 10.3 Å².